The zero-order valence-corrected chi connectivity index (χ0v) is 12.1. The first kappa shape index (κ1) is 14.3. The highest BCUT2D eigenvalue weighted by Crippen LogP contribution is 2.21. The third kappa shape index (κ3) is 7.18. The summed E-state index contributed by atoms with van der Waals surface area (Å²) in [7, 11) is 0. The van der Waals surface area contributed by atoms with E-state index >= 15 is 0 Å². The Morgan fingerprint density at radius 2 is 2.24 bits per heavy atom. The molecular weight excluding hydrogens is 250 g/mol. The quantitative estimate of drug-likeness (QED) is 0.649. The van der Waals surface area contributed by atoms with Crippen LogP contribution in [0.2, 0.25) is 0 Å². The predicted octanol–water partition coefficient (Wildman–Crippen LogP) is 2.90. The molecule has 1 aromatic heterocycles. The number of hydrogen-bond acceptors (Lipinski definition) is 3. The predicted molar refractivity (Wildman–Crippen MR) is 80.7 cm³/mol. The van der Waals surface area contributed by atoms with E-state index in [4.69, 9.17) is 12.2 Å². The second kappa shape index (κ2) is 6.81. The van der Waals surface area contributed by atoms with Crippen molar-refractivity contribution in [2.24, 2.45) is 0 Å². The molecule has 0 saturated heterocycles. The number of nitrogens with one attached hydrogen (secondary N) is 2. The van der Waals surface area contributed by atoms with Crippen LogP contribution in [0.25, 0.3) is 0 Å². The van der Waals surface area contributed by atoms with Gasteiger partial charge in [0.05, 0.1) is 11.9 Å². The Labute approximate surface area is 113 Å². The average Bonchev–Trinajstić information content (AvgIpc) is 2.25. The van der Waals surface area contributed by atoms with Gasteiger partial charge in [0.1, 0.15) is 0 Å². The van der Waals surface area contributed by atoms with Crippen LogP contribution in [0.15, 0.2) is 24.5 Å². The Kier molecular flexibility index (Phi) is 5.71. The Balaban J connectivity index is 2.18. The number of hydrogen-bond donors (Lipinski definition) is 2. The topological polar surface area (TPSA) is 37.0 Å². The van der Waals surface area contributed by atoms with Crippen LogP contribution in [0.1, 0.15) is 20.8 Å². The molecule has 0 atom stereocenters. The van der Waals surface area contributed by atoms with Crippen LogP contribution in [0, 0.1) is 0 Å². The van der Waals surface area contributed by atoms with E-state index in [1.54, 1.807) is 12.4 Å². The number of nitrogens with zero attached hydrogens (tertiary/aromatic N) is 1. The Hall–Kier alpha value is -0.810. The molecule has 17 heavy (non-hydrogen) atoms. The normalized spacial score (nSPS) is 11.0. The van der Waals surface area contributed by atoms with Crippen molar-refractivity contribution in [1.29, 1.82) is 0 Å². The van der Waals surface area contributed by atoms with E-state index in [1.807, 2.05) is 23.9 Å². The van der Waals surface area contributed by atoms with E-state index in [1.165, 1.54) is 0 Å². The highest BCUT2D eigenvalue weighted by molar-refractivity contribution is 8.00. The van der Waals surface area contributed by atoms with Gasteiger partial charge in [0.15, 0.2) is 5.11 Å². The molecule has 1 heterocycles. The van der Waals surface area contributed by atoms with Crippen molar-refractivity contribution in [3.63, 3.8) is 0 Å². The van der Waals surface area contributed by atoms with Crippen molar-refractivity contribution >= 4 is 34.8 Å². The molecule has 94 valence electrons. The lowest BCUT2D eigenvalue weighted by Crippen LogP contribution is -2.30. The van der Waals surface area contributed by atoms with Gasteiger partial charge < -0.3 is 10.6 Å². The van der Waals surface area contributed by atoms with Gasteiger partial charge in [0, 0.05) is 23.2 Å². The van der Waals surface area contributed by atoms with Gasteiger partial charge in [-0.3, -0.25) is 4.98 Å². The van der Waals surface area contributed by atoms with Gasteiger partial charge in [0.2, 0.25) is 0 Å². The summed E-state index contributed by atoms with van der Waals surface area (Å²) in [4.78, 5) is 4.01. The second-order valence-corrected chi connectivity index (χ2v) is 6.91. The molecule has 0 saturated carbocycles. The molecule has 0 unspecified atom stereocenters. The zero-order chi connectivity index (χ0) is 12.7. The lowest BCUT2D eigenvalue weighted by atomic mass is 10.3. The van der Waals surface area contributed by atoms with Gasteiger partial charge in [-0.25, -0.2) is 0 Å². The summed E-state index contributed by atoms with van der Waals surface area (Å²) < 4.78 is 0.306. The van der Waals surface area contributed by atoms with Crippen LogP contribution < -0.4 is 10.6 Å². The van der Waals surface area contributed by atoms with Crippen LogP contribution in [0.3, 0.4) is 0 Å². The molecule has 0 radical (unpaired) electrons. The fourth-order valence-corrected chi connectivity index (χ4v) is 2.17. The van der Waals surface area contributed by atoms with Gasteiger partial charge in [-0.15, -0.1) is 0 Å². The van der Waals surface area contributed by atoms with E-state index in [0.717, 1.165) is 18.0 Å². The number of thiocarbonyl (C=S) groups is 1. The lowest BCUT2D eigenvalue weighted by molar-refractivity contribution is 0.800. The Bertz CT molecular complexity index is 347. The first-order valence-corrected chi connectivity index (χ1v) is 6.95. The summed E-state index contributed by atoms with van der Waals surface area (Å²) in [5.41, 5.74) is 0.911. The molecule has 0 aliphatic carbocycles. The number of rotatable bonds is 4. The molecule has 1 aromatic rings. The molecule has 2 N–H and O–H groups in total. The summed E-state index contributed by atoms with van der Waals surface area (Å²) in [5.74, 6) is 1.04. The van der Waals surface area contributed by atoms with Crippen molar-refractivity contribution < 1.29 is 0 Å². The number of aromatic nitrogens is 1. The molecule has 1 rings (SSSR count). The molecule has 0 aliphatic rings. The van der Waals surface area contributed by atoms with Crippen molar-refractivity contribution in [1.82, 2.24) is 10.3 Å². The van der Waals surface area contributed by atoms with Crippen LogP contribution >= 0.6 is 24.0 Å². The van der Waals surface area contributed by atoms with Crippen molar-refractivity contribution in [2.75, 3.05) is 17.6 Å². The Morgan fingerprint density at radius 1 is 1.47 bits per heavy atom. The monoisotopic (exact) mass is 269 g/mol. The average molecular weight is 269 g/mol. The van der Waals surface area contributed by atoms with Crippen LogP contribution in [-0.4, -0.2) is 27.1 Å². The first-order chi connectivity index (χ1) is 7.97. The smallest absolute Gasteiger partial charge is 0.170 e. The van der Waals surface area contributed by atoms with Crippen LogP contribution in [0.4, 0.5) is 5.69 Å². The summed E-state index contributed by atoms with van der Waals surface area (Å²) >= 11 is 7.10. The number of pyridine rings is 1. The maximum atomic E-state index is 5.18. The molecule has 0 aliphatic heterocycles. The number of thioether (sulfide) groups is 1. The molecule has 0 aromatic carbocycles. The molecule has 5 heteroatoms. The highest BCUT2D eigenvalue weighted by atomic mass is 32.2. The summed E-state index contributed by atoms with van der Waals surface area (Å²) in [6, 6.07) is 3.81. The third-order valence-corrected chi connectivity index (χ3v) is 3.36. The van der Waals surface area contributed by atoms with E-state index in [9.17, 15) is 0 Å². The minimum Gasteiger partial charge on any atom is -0.362 e. The summed E-state index contributed by atoms with van der Waals surface area (Å²) in [5, 5.41) is 6.91. The minimum absolute atomic E-state index is 0.306. The molecule has 3 nitrogen and oxygen atoms in total. The standard InChI is InChI=1S/C12H19N3S2/c1-12(2,3)17-8-7-14-11(16)15-10-5-4-6-13-9-10/h4-6,9H,7-8H2,1-3H3,(H2,14,15,16). The largest absolute Gasteiger partial charge is 0.362 e. The van der Waals surface area contributed by atoms with Gasteiger partial charge in [-0.1, -0.05) is 20.8 Å². The van der Waals surface area contributed by atoms with E-state index in [-0.39, 0.29) is 0 Å². The molecule has 0 spiro atoms. The lowest BCUT2D eigenvalue weighted by Gasteiger charge is -2.18. The van der Waals surface area contributed by atoms with E-state index in [2.05, 4.69) is 36.4 Å². The van der Waals surface area contributed by atoms with Gasteiger partial charge in [-0.2, -0.15) is 11.8 Å². The SMILES string of the molecule is CC(C)(C)SCCNC(=S)Nc1cccnc1. The summed E-state index contributed by atoms with van der Waals surface area (Å²) in [6.07, 6.45) is 3.49. The van der Waals surface area contributed by atoms with Gasteiger partial charge >= 0.3 is 0 Å². The van der Waals surface area contributed by atoms with Crippen molar-refractivity contribution in [3.05, 3.63) is 24.5 Å². The fourth-order valence-electron chi connectivity index (χ4n) is 1.13. The molecule has 0 amide bonds. The van der Waals surface area contributed by atoms with Crippen molar-refractivity contribution in [2.45, 2.75) is 25.5 Å². The van der Waals surface area contributed by atoms with Crippen molar-refractivity contribution in [3.8, 4) is 0 Å². The number of anilines is 1. The van der Waals surface area contributed by atoms with E-state index < -0.39 is 0 Å². The zero-order valence-electron chi connectivity index (χ0n) is 10.5. The molecule has 0 bridgehead atoms. The minimum atomic E-state index is 0.306. The van der Waals surface area contributed by atoms with E-state index in [0.29, 0.717) is 9.86 Å². The maximum absolute atomic E-state index is 5.18. The van der Waals surface area contributed by atoms with Gasteiger partial charge in [0.25, 0.3) is 0 Å². The second-order valence-electron chi connectivity index (χ2n) is 4.58. The van der Waals surface area contributed by atoms with Crippen LogP contribution in [0.5, 0.6) is 0 Å². The maximum Gasteiger partial charge on any atom is 0.170 e. The fraction of sp³-hybridized carbons (Fsp3) is 0.500. The van der Waals surface area contributed by atoms with Gasteiger partial charge in [-0.05, 0) is 24.4 Å². The third-order valence-electron chi connectivity index (χ3n) is 1.84. The molecule has 0 fully saturated rings. The Morgan fingerprint density at radius 3 is 2.82 bits per heavy atom. The first-order valence-electron chi connectivity index (χ1n) is 5.56. The summed E-state index contributed by atoms with van der Waals surface area (Å²) in [6.45, 7) is 7.51. The molecular formula is C12H19N3S2. The highest BCUT2D eigenvalue weighted by Gasteiger charge is 2.09. The van der Waals surface area contributed by atoms with Crippen LogP contribution in [-0.2, 0) is 0 Å².